The highest BCUT2D eigenvalue weighted by atomic mass is 16.5. The molecule has 2 aromatic carbocycles. The van der Waals surface area contributed by atoms with Crippen LogP contribution in [0, 0.1) is 0 Å². The highest BCUT2D eigenvalue weighted by molar-refractivity contribution is 5.92. The average Bonchev–Trinajstić information content (AvgIpc) is 3.21. The van der Waals surface area contributed by atoms with E-state index in [0.29, 0.717) is 6.61 Å². The third-order valence-corrected chi connectivity index (χ3v) is 5.47. The smallest absolute Gasteiger partial charge is 0.246 e. The zero-order chi connectivity index (χ0) is 20.1. The van der Waals surface area contributed by atoms with Gasteiger partial charge in [-0.05, 0) is 36.3 Å². The van der Waals surface area contributed by atoms with Gasteiger partial charge in [0.05, 0.1) is 13.2 Å². The minimum absolute atomic E-state index is 0.0608. The fraction of sp³-hybridized carbons (Fsp3) is 0.375. The van der Waals surface area contributed by atoms with Crippen LogP contribution in [0.3, 0.4) is 0 Å². The third-order valence-electron chi connectivity index (χ3n) is 5.47. The van der Waals surface area contributed by atoms with Crippen molar-refractivity contribution in [2.24, 2.45) is 0 Å². The molecular formula is C24H28N2O3. The van der Waals surface area contributed by atoms with Crippen molar-refractivity contribution < 1.29 is 14.3 Å². The van der Waals surface area contributed by atoms with Crippen LogP contribution in [0.15, 0.2) is 48.5 Å². The molecule has 4 rings (SSSR count). The van der Waals surface area contributed by atoms with Gasteiger partial charge in [-0.2, -0.15) is 0 Å². The molecule has 0 spiro atoms. The van der Waals surface area contributed by atoms with E-state index in [0.717, 1.165) is 62.8 Å². The van der Waals surface area contributed by atoms with Crippen LogP contribution < -0.4 is 9.47 Å². The van der Waals surface area contributed by atoms with Crippen LogP contribution >= 0.6 is 0 Å². The van der Waals surface area contributed by atoms with Crippen LogP contribution in [0.2, 0.25) is 0 Å². The van der Waals surface area contributed by atoms with Gasteiger partial charge in [0.1, 0.15) is 11.5 Å². The van der Waals surface area contributed by atoms with Crippen LogP contribution in [0.5, 0.6) is 11.5 Å². The standard InChI is InChI=1S/C24H28N2O3/c1-2-28-22-6-4-3-5-20(22)8-10-24(27)26-14-12-25(13-15-26)18-19-7-9-23-21(17-19)11-16-29-23/h3-10,17H,2,11-16,18H2,1H3/b10-8+. The topological polar surface area (TPSA) is 42.0 Å². The van der Waals surface area contributed by atoms with Gasteiger partial charge in [-0.1, -0.05) is 30.3 Å². The number of hydrogen-bond acceptors (Lipinski definition) is 4. The number of nitrogens with zero attached hydrogens (tertiary/aromatic N) is 2. The molecule has 0 saturated carbocycles. The summed E-state index contributed by atoms with van der Waals surface area (Å²) in [5.41, 5.74) is 3.57. The number of para-hydroxylation sites is 1. The van der Waals surface area contributed by atoms with Crippen molar-refractivity contribution in [3.8, 4) is 11.5 Å². The lowest BCUT2D eigenvalue weighted by Crippen LogP contribution is -2.47. The summed E-state index contributed by atoms with van der Waals surface area (Å²) < 4.78 is 11.2. The quantitative estimate of drug-likeness (QED) is 0.707. The fourth-order valence-corrected chi connectivity index (χ4v) is 3.89. The number of hydrogen-bond donors (Lipinski definition) is 0. The number of carbonyl (C=O) groups excluding carboxylic acids is 1. The maximum atomic E-state index is 12.6. The molecule has 1 saturated heterocycles. The number of piperazine rings is 1. The van der Waals surface area contributed by atoms with Crippen molar-refractivity contribution >= 4 is 12.0 Å². The highest BCUT2D eigenvalue weighted by Crippen LogP contribution is 2.26. The van der Waals surface area contributed by atoms with Gasteiger partial charge in [0.2, 0.25) is 5.91 Å². The minimum Gasteiger partial charge on any atom is -0.493 e. The molecule has 2 heterocycles. The first kappa shape index (κ1) is 19.5. The van der Waals surface area contributed by atoms with E-state index >= 15 is 0 Å². The number of fused-ring (bicyclic) bond motifs is 1. The first-order valence-corrected chi connectivity index (χ1v) is 10.4. The average molecular weight is 392 g/mol. The van der Waals surface area contributed by atoms with E-state index < -0.39 is 0 Å². The Morgan fingerprint density at radius 3 is 2.79 bits per heavy atom. The van der Waals surface area contributed by atoms with Gasteiger partial charge in [-0.15, -0.1) is 0 Å². The monoisotopic (exact) mass is 392 g/mol. The normalized spacial score (nSPS) is 16.7. The Kier molecular flexibility index (Phi) is 6.15. The van der Waals surface area contributed by atoms with E-state index in [-0.39, 0.29) is 5.91 Å². The molecule has 2 aromatic rings. The number of rotatable bonds is 6. The van der Waals surface area contributed by atoms with E-state index in [1.165, 1.54) is 11.1 Å². The SMILES string of the molecule is CCOc1ccccc1/C=C/C(=O)N1CCN(Cc2ccc3c(c2)CCO3)CC1. The van der Waals surface area contributed by atoms with Crippen molar-refractivity contribution in [3.63, 3.8) is 0 Å². The van der Waals surface area contributed by atoms with Crippen LogP contribution in [-0.2, 0) is 17.8 Å². The predicted octanol–water partition coefficient (Wildman–Crippen LogP) is 3.38. The van der Waals surface area contributed by atoms with E-state index in [1.807, 2.05) is 42.2 Å². The maximum Gasteiger partial charge on any atom is 0.246 e. The van der Waals surface area contributed by atoms with Gasteiger partial charge in [-0.25, -0.2) is 0 Å². The number of carbonyl (C=O) groups is 1. The van der Waals surface area contributed by atoms with Crippen molar-refractivity contribution in [3.05, 3.63) is 65.2 Å². The van der Waals surface area contributed by atoms with Crippen LogP contribution in [0.4, 0.5) is 0 Å². The summed E-state index contributed by atoms with van der Waals surface area (Å²) in [5.74, 6) is 1.90. The lowest BCUT2D eigenvalue weighted by molar-refractivity contribution is -0.127. The summed E-state index contributed by atoms with van der Waals surface area (Å²) in [6.07, 6.45) is 4.52. The van der Waals surface area contributed by atoms with Crippen molar-refractivity contribution in [2.75, 3.05) is 39.4 Å². The minimum atomic E-state index is 0.0608. The molecule has 0 radical (unpaired) electrons. The summed E-state index contributed by atoms with van der Waals surface area (Å²) in [6.45, 7) is 7.58. The summed E-state index contributed by atoms with van der Waals surface area (Å²) in [6, 6.07) is 14.3. The second-order valence-electron chi connectivity index (χ2n) is 7.45. The maximum absolute atomic E-state index is 12.6. The van der Waals surface area contributed by atoms with Gasteiger partial charge in [0.15, 0.2) is 0 Å². The molecule has 2 aliphatic heterocycles. The Morgan fingerprint density at radius 2 is 1.97 bits per heavy atom. The van der Waals surface area contributed by atoms with Gasteiger partial charge < -0.3 is 14.4 Å². The number of benzene rings is 2. The van der Waals surface area contributed by atoms with Crippen molar-refractivity contribution in [1.82, 2.24) is 9.80 Å². The number of amides is 1. The molecule has 152 valence electrons. The lowest BCUT2D eigenvalue weighted by Gasteiger charge is -2.34. The van der Waals surface area contributed by atoms with Crippen LogP contribution in [0.25, 0.3) is 6.08 Å². The molecule has 0 unspecified atom stereocenters. The Hall–Kier alpha value is -2.79. The molecule has 29 heavy (non-hydrogen) atoms. The summed E-state index contributed by atoms with van der Waals surface area (Å²) >= 11 is 0. The largest absolute Gasteiger partial charge is 0.493 e. The molecule has 5 nitrogen and oxygen atoms in total. The first-order valence-electron chi connectivity index (χ1n) is 10.4. The predicted molar refractivity (Wildman–Crippen MR) is 114 cm³/mol. The molecule has 0 N–H and O–H groups in total. The molecule has 0 aliphatic carbocycles. The first-order chi connectivity index (χ1) is 14.2. The van der Waals surface area contributed by atoms with Gasteiger partial charge in [0, 0.05) is 50.8 Å². The van der Waals surface area contributed by atoms with Gasteiger partial charge in [0.25, 0.3) is 0 Å². The molecule has 5 heteroatoms. The zero-order valence-electron chi connectivity index (χ0n) is 17.0. The zero-order valence-corrected chi connectivity index (χ0v) is 17.0. The second kappa shape index (κ2) is 9.14. The Balaban J connectivity index is 1.29. The van der Waals surface area contributed by atoms with Gasteiger partial charge in [-0.3, -0.25) is 9.69 Å². The summed E-state index contributed by atoms with van der Waals surface area (Å²) in [5, 5.41) is 0. The molecule has 0 atom stereocenters. The van der Waals surface area contributed by atoms with E-state index in [2.05, 4.69) is 23.1 Å². The van der Waals surface area contributed by atoms with Crippen molar-refractivity contribution in [2.45, 2.75) is 19.9 Å². The van der Waals surface area contributed by atoms with E-state index in [9.17, 15) is 4.79 Å². The number of ether oxygens (including phenoxy) is 2. The molecule has 0 bridgehead atoms. The van der Waals surface area contributed by atoms with Crippen LogP contribution in [-0.4, -0.2) is 55.1 Å². The molecule has 1 amide bonds. The Morgan fingerprint density at radius 1 is 1.14 bits per heavy atom. The Labute approximate surface area is 172 Å². The Bertz CT molecular complexity index is 885. The molecular weight excluding hydrogens is 364 g/mol. The molecule has 0 aromatic heterocycles. The van der Waals surface area contributed by atoms with E-state index in [4.69, 9.17) is 9.47 Å². The summed E-state index contributed by atoms with van der Waals surface area (Å²) in [4.78, 5) is 16.9. The highest BCUT2D eigenvalue weighted by Gasteiger charge is 2.20. The van der Waals surface area contributed by atoms with Gasteiger partial charge >= 0.3 is 0 Å². The molecule has 2 aliphatic rings. The third kappa shape index (κ3) is 4.80. The summed E-state index contributed by atoms with van der Waals surface area (Å²) in [7, 11) is 0. The van der Waals surface area contributed by atoms with Crippen LogP contribution in [0.1, 0.15) is 23.6 Å². The van der Waals surface area contributed by atoms with E-state index in [1.54, 1.807) is 6.08 Å². The fourth-order valence-electron chi connectivity index (χ4n) is 3.89. The van der Waals surface area contributed by atoms with Crippen molar-refractivity contribution in [1.29, 1.82) is 0 Å². The molecule has 1 fully saturated rings. The second-order valence-corrected chi connectivity index (χ2v) is 7.45. The lowest BCUT2D eigenvalue weighted by atomic mass is 10.1.